The van der Waals surface area contributed by atoms with Gasteiger partial charge >= 0.3 is 0 Å². The molecule has 22 heavy (non-hydrogen) atoms. The van der Waals surface area contributed by atoms with E-state index in [4.69, 9.17) is 4.74 Å². The second-order valence-electron chi connectivity index (χ2n) is 5.86. The van der Waals surface area contributed by atoms with E-state index in [-0.39, 0.29) is 23.7 Å². The monoisotopic (exact) mass is 366 g/mol. The first-order valence-electron chi connectivity index (χ1n) is 7.41. The SMILES string of the molecule is COCCN1C(=O)[C@H]2CN(Cc3cccc(Br)c3)C[C@H]2C1=O. The number of carbonyl (C=O) groups is 2. The number of nitrogens with zero attached hydrogens (tertiary/aromatic N) is 2. The van der Waals surface area contributed by atoms with Gasteiger partial charge in [-0.05, 0) is 17.7 Å². The van der Waals surface area contributed by atoms with Crippen LogP contribution in [0.1, 0.15) is 5.56 Å². The molecule has 1 aromatic rings. The van der Waals surface area contributed by atoms with E-state index < -0.39 is 0 Å². The molecule has 118 valence electrons. The number of hydrogen-bond acceptors (Lipinski definition) is 4. The molecule has 5 nitrogen and oxygen atoms in total. The Labute approximate surface area is 138 Å². The van der Waals surface area contributed by atoms with Crippen molar-refractivity contribution in [2.24, 2.45) is 11.8 Å². The molecule has 2 fully saturated rings. The molecule has 0 saturated carbocycles. The molecular weight excluding hydrogens is 348 g/mol. The maximum atomic E-state index is 12.4. The molecule has 0 spiro atoms. The number of ether oxygens (including phenoxy) is 1. The Hall–Kier alpha value is -1.24. The molecule has 2 aliphatic heterocycles. The van der Waals surface area contributed by atoms with Crippen LogP contribution < -0.4 is 0 Å². The number of fused-ring (bicyclic) bond motifs is 1. The lowest BCUT2D eigenvalue weighted by Crippen LogP contribution is -2.37. The van der Waals surface area contributed by atoms with Crippen LogP contribution in [0, 0.1) is 11.8 Å². The van der Waals surface area contributed by atoms with Crippen LogP contribution in [0.3, 0.4) is 0 Å². The highest BCUT2D eigenvalue weighted by Gasteiger charge is 2.51. The third-order valence-corrected chi connectivity index (χ3v) is 4.87. The van der Waals surface area contributed by atoms with E-state index in [1.807, 2.05) is 12.1 Å². The van der Waals surface area contributed by atoms with Gasteiger partial charge in [0.2, 0.25) is 11.8 Å². The molecule has 0 N–H and O–H groups in total. The predicted molar refractivity (Wildman–Crippen MR) is 85.0 cm³/mol. The van der Waals surface area contributed by atoms with E-state index in [0.717, 1.165) is 11.0 Å². The summed E-state index contributed by atoms with van der Waals surface area (Å²) in [4.78, 5) is 28.3. The normalized spacial score (nSPS) is 25.1. The summed E-state index contributed by atoms with van der Waals surface area (Å²) in [7, 11) is 1.57. The van der Waals surface area contributed by atoms with Gasteiger partial charge in [-0.15, -0.1) is 0 Å². The number of halogens is 1. The lowest BCUT2D eigenvalue weighted by atomic mass is 10.00. The van der Waals surface area contributed by atoms with E-state index in [1.165, 1.54) is 10.5 Å². The molecule has 6 heteroatoms. The third-order valence-electron chi connectivity index (χ3n) is 4.38. The fourth-order valence-electron chi connectivity index (χ4n) is 3.32. The van der Waals surface area contributed by atoms with Gasteiger partial charge in [0, 0.05) is 31.2 Å². The fourth-order valence-corrected chi connectivity index (χ4v) is 3.77. The number of likely N-dealkylation sites (tertiary alicyclic amines) is 2. The molecule has 2 amide bonds. The van der Waals surface area contributed by atoms with Crippen molar-refractivity contribution in [2.75, 3.05) is 33.4 Å². The third kappa shape index (κ3) is 2.95. The molecule has 0 aliphatic carbocycles. The van der Waals surface area contributed by atoms with Gasteiger partial charge in [0.15, 0.2) is 0 Å². The van der Waals surface area contributed by atoms with Gasteiger partial charge in [0.25, 0.3) is 0 Å². The van der Waals surface area contributed by atoms with Gasteiger partial charge in [0.1, 0.15) is 0 Å². The minimum atomic E-state index is -0.184. The first-order valence-corrected chi connectivity index (χ1v) is 8.20. The number of methoxy groups -OCH3 is 1. The molecule has 2 atom stereocenters. The average Bonchev–Trinajstić information content (AvgIpc) is 2.98. The predicted octanol–water partition coefficient (Wildman–Crippen LogP) is 1.51. The minimum Gasteiger partial charge on any atom is -0.383 e. The van der Waals surface area contributed by atoms with E-state index in [0.29, 0.717) is 26.2 Å². The Morgan fingerprint density at radius 3 is 2.50 bits per heavy atom. The summed E-state index contributed by atoms with van der Waals surface area (Å²) >= 11 is 3.47. The van der Waals surface area contributed by atoms with Gasteiger partial charge in [-0.3, -0.25) is 19.4 Å². The maximum absolute atomic E-state index is 12.4. The van der Waals surface area contributed by atoms with E-state index >= 15 is 0 Å². The Morgan fingerprint density at radius 1 is 1.23 bits per heavy atom. The summed E-state index contributed by atoms with van der Waals surface area (Å²) < 4.78 is 6.02. The van der Waals surface area contributed by atoms with E-state index in [9.17, 15) is 9.59 Å². The van der Waals surface area contributed by atoms with Crippen molar-refractivity contribution in [1.29, 1.82) is 0 Å². The number of imide groups is 1. The van der Waals surface area contributed by atoms with Crippen molar-refractivity contribution in [2.45, 2.75) is 6.54 Å². The highest BCUT2D eigenvalue weighted by atomic mass is 79.9. The van der Waals surface area contributed by atoms with E-state index in [1.54, 1.807) is 7.11 Å². The molecule has 2 heterocycles. The van der Waals surface area contributed by atoms with Crippen LogP contribution in [0.15, 0.2) is 28.7 Å². The molecular formula is C16H19BrN2O3. The van der Waals surface area contributed by atoms with Crippen LogP contribution >= 0.6 is 15.9 Å². The summed E-state index contributed by atoms with van der Waals surface area (Å²) in [6, 6.07) is 8.12. The number of carbonyl (C=O) groups excluding carboxylic acids is 2. The van der Waals surface area contributed by atoms with Gasteiger partial charge in [-0.1, -0.05) is 28.1 Å². The number of hydrogen-bond donors (Lipinski definition) is 0. The second kappa shape index (κ2) is 6.48. The fraction of sp³-hybridized carbons (Fsp3) is 0.500. The van der Waals surface area contributed by atoms with Crippen molar-refractivity contribution in [3.63, 3.8) is 0 Å². The Balaban J connectivity index is 1.64. The van der Waals surface area contributed by atoms with Crippen molar-refractivity contribution < 1.29 is 14.3 Å². The lowest BCUT2D eigenvalue weighted by molar-refractivity contribution is -0.141. The van der Waals surface area contributed by atoms with Gasteiger partial charge in [-0.25, -0.2) is 0 Å². The Kier molecular flexibility index (Phi) is 4.61. The molecule has 2 saturated heterocycles. The van der Waals surface area contributed by atoms with Crippen LogP contribution in [-0.4, -0.2) is 55.0 Å². The van der Waals surface area contributed by atoms with Crippen molar-refractivity contribution in [3.8, 4) is 0 Å². The van der Waals surface area contributed by atoms with Gasteiger partial charge in [0.05, 0.1) is 25.0 Å². The van der Waals surface area contributed by atoms with E-state index in [2.05, 4.69) is 33.0 Å². The molecule has 1 aromatic carbocycles. The summed E-state index contributed by atoms with van der Waals surface area (Å²) in [6.07, 6.45) is 0. The maximum Gasteiger partial charge on any atom is 0.234 e. The molecule has 2 aliphatic rings. The number of benzene rings is 1. The lowest BCUT2D eigenvalue weighted by Gasteiger charge is -2.20. The smallest absolute Gasteiger partial charge is 0.234 e. The zero-order chi connectivity index (χ0) is 15.7. The first-order chi connectivity index (χ1) is 10.6. The standard InChI is InChI=1S/C16H19BrN2O3/c1-22-6-5-19-15(20)13-9-18(10-14(13)16(19)21)8-11-3-2-4-12(17)7-11/h2-4,7,13-14H,5-6,8-10H2,1H3/t13-,14+. The second-order valence-corrected chi connectivity index (χ2v) is 6.77. The Morgan fingerprint density at radius 2 is 1.91 bits per heavy atom. The van der Waals surface area contributed by atoms with Gasteiger partial charge < -0.3 is 4.74 Å². The van der Waals surface area contributed by atoms with Crippen LogP contribution in [0.25, 0.3) is 0 Å². The van der Waals surface area contributed by atoms with Crippen LogP contribution in [-0.2, 0) is 20.9 Å². The van der Waals surface area contributed by atoms with Crippen molar-refractivity contribution >= 4 is 27.7 Å². The quantitative estimate of drug-likeness (QED) is 0.741. The van der Waals surface area contributed by atoms with Crippen LogP contribution in [0.4, 0.5) is 0 Å². The topological polar surface area (TPSA) is 49.9 Å². The molecule has 0 bridgehead atoms. The largest absolute Gasteiger partial charge is 0.383 e. The average molecular weight is 367 g/mol. The van der Waals surface area contributed by atoms with Crippen molar-refractivity contribution in [3.05, 3.63) is 34.3 Å². The highest BCUT2D eigenvalue weighted by molar-refractivity contribution is 9.10. The Bertz CT molecular complexity index is 569. The first kappa shape index (κ1) is 15.6. The highest BCUT2D eigenvalue weighted by Crippen LogP contribution is 2.34. The minimum absolute atomic E-state index is 0.0382. The summed E-state index contributed by atoms with van der Waals surface area (Å²) in [5.41, 5.74) is 1.19. The molecule has 0 unspecified atom stereocenters. The molecule has 0 aromatic heterocycles. The molecule has 3 rings (SSSR count). The van der Waals surface area contributed by atoms with Gasteiger partial charge in [-0.2, -0.15) is 0 Å². The molecule has 0 radical (unpaired) electrons. The van der Waals surface area contributed by atoms with Crippen LogP contribution in [0.2, 0.25) is 0 Å². The summed E-state index contributed by atoms with van der Waals surface area (Å²) in [6.45, 7) is 2.85. The number of amides is 2. The number of rotatable bonds is 5. The summed E-state index contributed by atoms with van der Waals surface area (Å²) in [5, 5.41) is 0. The zero-order valence-electron chi connectivity index (χ0n) is 12.5. The van der Waals surface area contributed by atoms with Crippen molar-refractivity contribution in [1.82, 2.24) is 9.80 Å². The zero-order valence-corrected chi connectivity index (χ0v) is 14.1. The summed E-state index contributed by atoms with van der Waals surface area (Å²) in [5.74, 6) is -0.444. The van der Waals surface area contributed by atoms with Crippen LogP contribution in [0.5, 0.6) is 0 Å².